The van der Waals surface area contributed by atoms with Crippen molar-refractivity contribution in [2.24, 2.45) is 0 Å². The molecular formula is C8H8N2O4. The average Bonchev–Trinajstić information content (AvgIpc) is 2.16. The fourth-order valence-electron chi connectivity index (χ4n) is 0.975. The first kappa shape index (κ1) is 10.1. The van der Waals surface area contributed by atoms with Gasteiger partial charge in [0.1, 0.15) is 5.56 Å². The number of hydrogen-bond donors (Lipinski definition) is 0. The summed E-state index contributed by atoms with van der Waals surface area (Å²) in [5.74, 6) is -0.833. The lowest BCUT2D eigenvalue weighted by Gasteiger charge is -1.99. The maximum absolute atomic E-state index is 11.1. The average molecular weight is 196 g/mol. The second-order valence-corrected chi connectivity index (χ2v) is 2.55. The van der Waals surface area contributed by atoms with E-state index in [1.165, 1.54) is 26.2 Å². The summed E-state index contributed by atoms with van der Waals surface area (Å²) >= 11 is 0. The minimum atomic E-state index is -0.617. The molecule has 0 bridgehead atoms. The summed E-state index contributed by atoms with van der Waals surface area (Å²) in [7, 11) is 1.24. The number of pyridine rings is 1. The highest BCUT2D eigenvalue weighted by molar-refractivity contribution is 5.90. The molecule has 0 aliphatic heterocycles. The van der Waals surface area contributed by atoms with E-state index in [1.54, 1.807) is 0 Å². The van der Waals surface area contributed by atoms with E-state index in [-0.39, 0.29) is 17.1 Å². The molecule has 0 atom stereocenters. The molecule has 6 heteroatoms. The van der Waals surface area contributed by atoms with Crippen molar-refractivity contribution in [3.63, 3.8) is 0 Å². The van der Waals surface area contributed by atoms with Gasteiger partial charge in [-0.15, -0.1) is 0 Å². The molecule has 0 aromatic carbocycles. The van der Waals surface area contributed by atoms with Crippen molar-refractivity contribution in [1.82, 2.24) is 4.98 Å². The largest absolute Gasteiger partial charge is 0.465 e. The second kappa shape index (κ2) is 3.82. The van der Waals surface area contributed by atoms with Crippen molar-refractivity contribution in [2.75, 3.05) is 7.11 Å². The number of nitro groups is 1. The molecule has 1 heterocycles. The Morgan fingerprint density at radius 2 is 2.21 bits per heavy atom. The zero-order chi connectivity index (χ0) is 10.7. The third-order valence-electron chi connectivity index (χ3n) is 1.66. The molecule has 14 heavy (non-hydrogen) atoms. The lowest BCUT2D eigenvalue weighted by Crippen LogP contribution is -2.06. The first-order chi connectivity index (χ1) is 6.56. The number of aryl methyl sites for hydroxylation is 1. The van der Waals surface area contributed by atoms with Crippen LogP contribution in [-0.4, -0.2) is 23.0 Å². The highest BCUT2D eigenvalue weighted by Crippen LogP contribution is 2.12. The van der Waals surface area contributed by atoms with Gasteiger partial charge in [-0.1, -0.05) is 0 Å². The van der Waals surface area contributed by atoms with E-state index in [4.69, 9.17) is 0 Å². The molecule has 1 aromatic rings. The quantitative estimate of drug-likeness (QED) is 0.401. The molecule has 0 aliphatic rings. The topological polar surface area (TPSA) is 82.3 Å². The third-order valence-corrected chi connectivity index (χ3v) is 1.66. The van der Waals surface area contributed by atoms with E-state index in [1.807, 2.05) is 0 Å². The molecule has 0 saturated heterocycles. The summed E-state index contributed by atoms with van der Waals surface area (Å²) in [6.45, 7) is 1.51. The lowest BCUT2D eigenvalue weighted by atomic mass is 10.2. The molecule has 0 N–H and O–H groups in total. The van der Waals surface area contributed by atoms with Crippen LogP contribution in [-0.2, 0) is 4.74 Å². The number of aromatic nitrogens is 1. The van der Waals surface area contributed by atoms with Crippen molar-refractivity contribution in [3.8, 4) is 0 Å². The van der Waals surface area contributed by atoms with E-state index >= 15 is 0 Å². The Balaban J connectivity index is 3.14. The number of rotatable bonds is 2. The molecule has 0 radical (unpaired) electrons. The number of nitrogens with zero attached hydrogens (tertiary/aromatic N) is 2. The van der Waals surface area contributed by atoms with Crippen LogP contribution in [0.5, 0.6) is 0 Å². The number of hydrogen-bond acceptors (Lipinski definition) is 5. The molecular weight excluding hydrogens is 188 g/mol. The Labute approximate surface area is 79.7 Å². The smallest absolute Gasteiger partial charge is 0.363 e. The van der Waals surface area contributed by atoms with Crippen LogP contribution in [0.25, 0.3) is 0 Å². The summed E-state index contributed by atoms with van der Waals surface area (Å²) < 4.78 is 4.47. The molecule has 6 nitrogen and oxygen atoms in total. The Kier molecular flexibility index (Phi) is 2.76. The summed E-state index contributed by atoms with van der Waals surface area (Å²) in [6.07, 6.45) is 0. The van der Waals surface area contributed by atoms with Crippen molar-refractivity contribution in [3.05, 3.63) is 33.5 Å². The Morgan fingerprint density at radius 1 is 1.57 bits per heavy atom. The molecule has 0 saturated carbocycles. The van der Waals surface area contributed by atoms with Crippen LogP contribution in [0, 0.1) is 17.0 Å². The highest BCUT2D eigenvalue weighted by Gasteiger charge is 2.16. The van der Waals surface area contributed by atoms with E-state index < -0.39 is 10.9 Å². The maximum Gasteiger partial charge on any atom is 0.363 e. The molecule has 0 spiro atoms. The van der Waals surface area contributed by atoms with Gasteiger partial charge in [0, 0.05) is 13.0 Å². The van der Waals surface area contributed by atoms with E-state index in [0.29, 0.717) is 0 Å². The molecule has 1 aromatic heterocycles. The van der Waals surface area contributed by atoms with Crippen molar-refractivity contribution in [1.29, 1.82) is 0 Å². The summed E-state index contributed by atoms with van der Waals surface area (Å²) in [6, 6.07) is 2.49. The van der Waals surface area contributed by atoms with Gasteiger partial charge >= 0.3 is 11.8 Å². The maximum atomic E-state index is 11.1. The summed E-state index contributed by atoms with van der Waals surface area (Å²) in [5, 5.41) is 10.3. The standard InChI is InChI=1S/C8H8N2O4/c1-5-6(8(11)14-2)3-4-7(9-5)10(12)13/h3-4H,1-2H3. The molecule has 74 valence electrons. The van der Waals surface area contributed by atoms with Gasteiger partial charge < -0.3 is 14.9 Å². The molecule has 0 fully saturated rings. The van der Waals surface area contributed by atoms with Crippen LogP contribution in [0.15, 0.2) is 12.1 Å². The van der Waals surface area contributed by atoms with Gasteiger partial charge in [0.25, 0.3) is 0 Å². The van der Waals surface area contributed by atoms with Gasteiger partial charge in [-0.25, -0.2) is 4.79 Å². The zero-order valence-corrected chi connectivity index (χ0v) is 7.68. The third kappa shape index (κ3) is 1.85. The van der Waals surface area contributed by atoms with Crippen LogP contribution in [0.4, 0.5) is 5.82 Å². The van der Waals surface area contributed by atoms with Gasteiger partial charge in [0.15, 0.2) is 5.69 Å². The van der Waals surface area contributed by atoms with Crippen molar-refractivity contribution >= 4 is 11.8 Å². The second-order valence-electron chi connectivity index (χ2n) is 2.55. The van der Waals surface area contributed by atoms with Crippen molar-refractivity contribution < 1.29 is 14.5 Å². The van der Waals surface area contributed by atoms with Gasteiger partial charge in [-0.05, 0) is 16.0 Å². The normalized spacial score (nSPS) is 9.57. The molecule has 0 amide bonds. The minimum Gasteiger partial charge on any atom is -0.465 e. The van der Waals surface area contributed by atoms with E-state index in [9.17, 15) is 14.9 Å². The number of carbonyl (C=O) groups is 1. The molecule has 0 unspecified atom stereocenters. The van der Waals surface area contributed by atoms with Crippen molar-refractivity contribution in [2.45, 2.75) is 6.92 Å². The Bertz CT molecular complexity index is 389. The van der Waals surface area contributed by atoms with Crippen LogP contribution in [0.2, 0.25) is 0 Å². The van der Waals surface area contributed by atoms with Crippen LogP contribution >= 0.6 is 0 Å². The van der Waals surface area contributed by atoms with Gasteiger partial charge in [0.2, 0.25) is 0 Å². The minimum absolute atomic E-state index is 0.234. The number of esters is 1. The number of carbonyl (C=O) groups excluding carboxylic acids is 1. The van der Waals surface area contributed by atoms with Crippen LogP contribution in [0.1, 0.15) is 16.1 Å². The fourth-order valence-corrected chi connectivity index (χ4v) is 0.975. The summed E-state index contributed by atoms with van der Waals surface area (Å²) in [5.41, 5.74) is 0.518. The van der Waals surface area contributed by atoms with Crippen LogP contribution in [0.3, 0.4) is 0 Å². The lowest BCUT2D eigenvalue weighted by molar-refractivity contribution is -0.389. The molecule has 1 rings (SSSR count). The highest BCUT2D eigenvalue weighted by atomic mass is 16.6. The zero-order valence-electron chi connectivity index (χ0n) is 7.68. The van der Waals surface area contributed by atoms with E-state index in [0.717, 1.165) is 0 Å². The van der Waals surface area contributed by atoms with Crippen LogP contribution < -0.4 is 0 Å². The summed E-state index contributed by atoms with van der Waals surface area (Å²) in [4.78, 5) is 24.4. The van der Waals surface area contributed by atoms with Gasteiger partial charge in [-0.3, -0.25) is 0 Å². The van der Waals surface area contributed by atoms with Gasteiger partial charge in [0.05, 0.1) is 7.11 Å². The number of ether oxygens (including phenoxy) is 1. The number of methoxy groups -OCH3 is 1. The van der Waals surface area contributed by atoms with E-state index in [2.05, 4.69) is 9.72 Å². The first-order valence-corrected chi connectivity index (χ1v) is 3.76. The fraction of sp³-hybridized carbons (Fsp3) is 0.250. The first-order valence-electron chi connectivity index (χ1n) is 3.76. The van der Waals surface area contributed by atoms with Gasteiger partial charge in [-0.2, -0.15) is 0 Å². The Morgan fingerprint density at radius 3 is 2.64 bits per heavy atom. The monoisotopic (exact) mass is 196 g/mol. The predicted octanol–water partition coefficient (Wildman–Crippen LogP) is 1.08. The Hall–Kier alpha value is -1.98. The molecule has 0 aliphatic carbocycles. The predicted molar refractivity (Wildman–Crippen MR) is 47.0 cm³/mol. The SMILES string of the molecule is COC(=O)c1ccc([N+](=O)[O-])nc1C.